The van der Waals surface area contributed by atoms with Crippen LogP contribution in [-0.4, -0.2) is 63.9 Å². The highest BCUT2D eigenvalue weighted by Gasteiger charge is 2.32. The number of hydrogen-bond donors (Lipinski definition) is 0. The van der Waals surface area contributed by atoms with E-state index in [0.717, 1.165) is 0 Å². The Morgan fingerprint density at radius 3 is 2.18 bits per heavy atom. The first-order valence-corrected chi connectivity index (χ1v) is 10.5. The van der Waals surface area contributed by atoms with Crippen molar-refractivity contribution in [2.24, 2.45) is 0 Å². The van der Waals surface area contributed by atoms with Crippen molar-refractivity contribution in [1.82, 2.24) is 9.21 Å². The normalized spacial score (nSPS) is 15.3. The van der Waals surface area contributed by atoms with Crippen molar-refractivity contribution in [1.29, 1.82) is 0 Å². The topological polar surface area (TPSA) is 76.2 Å². The van der Waals surface area contributed by atoms with Crippen molar-refractivity contribution >= 4 is 27.5 Å². The highest BCUT2D eigenvalue weighted by Crippen LogP contribution is 2.31. The third-order valence-corrected chi connectivity index (χ3v) is 6.78. The molecule has 0 spiro atoms. The van der Waals surface area contributed by atoms with Crippen LogP contribution in [0.4, 0.5) is 0 Å². The molecular weight excluding hydrogens is 404 g/mol. The van der Waals surface area contributed by atoms with E-state index in [4.69, 9.17) is 21.1 Å². The fourth-order valence-corrected chi connectivity index (χ4v) is 4.75. The molecule has 0 saturated carbocycles. The molecule has 0 aliphatic carbocycles. The number of hydrogen-bond acceptors (Lipinski definition) is 5. The molecular formula is C19H21ClN2O5S. The lowest BCUT2D eigenvalue weighted by Gasteiger charge is -2.34. The van der Waals surface area contributed by atoms with E-state index in [2.05, 4.69) is 0 Å². The molecule has 0 aromatic heterocycles. The van der Waals surface area contributed by atoms with Crippen LogP contribution in [0.2, 0.25) is 5.02 Å². The number of carbonyl (C=O) groups excluding carboxylic acids is 1. The summed E-state index contributed by atoms with van der Waals surface area (Å²) in [6.45, 7) is 0.990. The Morgan fingerprint density at radius 1 is 0.964 bits per heavy atom. The first kappa shape index (κ1) is 20.4. The third kappa shape index (κ3) is 4.09. The average Bonchev–Trinajstić information content (AvgIpc) is 2.73. The van der Waals surface area contributed by atoms with Gasteiger partial charge in [0.1, 0.15) is 16.4 Å². The van der Waals surface area contributed by atoms with Gasteiger partial charge in [0.2, 0.25) is 10.0 Å². The van der Waals surface area contributed by atoms with E-state index in [9.17, 15) is 13.2 Å². The zero-order chi connectivity index (χ0) is 20.3. The Kier molecular flexibility index (Phi) is 6.12. The Bertz CT molecular complexity index is 955. The molecule has 9 heteroatoms. The molecule has 2 aromatic rings. The maximum Gasteiger partial charge on any atom is 0.253 e. The predicted octanol–water partition coefficient (Wildman–Crippen LogP) is 2.50. The van der Waals surface area contributed by atoms with Crippen LogP contribution in [0.5, 0.6) is 11.5 Å². The summed E-state index contributed by atoms with van der Waals surface area (Å²) in [5.74, 6) is 0.532. The van der Waals surface area contributed by atoms with E-state index in [1.54, 1.807) is 41.3 Å². The molecule has 0 N–H and O–H groups in total. The average molecular weight is 425 g/mol. The first-order valence-electron chi connectivity index (χ1n) is 8.64. The minimum atomic E-state index is -3.78. The quantitative estimate of drug-likeness (QED) is 0.737. The van der Waals surface area contributed by atoms with Crippen LogP contribution in [0, 0.1) is 0 Å². The van der Waals surface area contributed by atoms with Gasteiger partial charge < -0.3 is 14.4 Å². The van der Waals surface area contributed by atoms with Gasteiger partial charge in [0.05, 0.1) is 14.2 Å². The van der Waals surface area contributed by atoms with Gasteiger partial charge in [0, 0.05) is 42.8 Å². The van der Waals surface area contributed by atoms with Gasteiger partial charge in [-0.25, -0.2) is 8.42 Å². The molecule has 1 aliphatic rings. The van der Waals surface area contributed by atoms with Gasteiger partial charge >= 0.3 is 0 Å². The predicted molar refractivity (Wildman–Crippen MR) is 106 cm³/mol. The van der Waals surface area contributed by atoms with Crippen molar-refractivity contribution in [3.05, 3.63) is 53.1 Å². The van der Waals surface area contributed by atoms with E-state index in [1.807, 2.05) is 0 Å². The molecule has 0 unspecified atom stereocenters. The zero-order valence-corrected chi connectivity index (χ0v) is 17.2. The number of piperazine rings is 1. The van der Waals surface area contributed by atoms with Gasteiger partial charge in [0.15, 0.2) is 0 Å². The first-order chi connectivity index (χ1) is 13.4. The van der Waals surface area contributed by atoms with Crippen LogP contribution in [0.3, 0.4) is 0 Å². The van der Waals surface area contributed by atoms with Crippen LogP contribution in [0.25, 0.3) is 0 Å². The molecule has 1 amide bonds. The molecule has 0 atom stereocenters. The number of carbonyl (C=O) groups is 1. The number of amides is 1. The molecule has 150 valence electrons. The zero-order valence-electron chi connectivity index (χ0n) is 15.6. The van der Waals surface area contributed by atoms with E-state index >= 15 is 0 Å². The summed E-state index contributed by atoms with van der Waals surface area (Å²) in [6, 6.07) is 11.3. The van der Waals surface area contributed by atoms with E-state index in [1.165, 1.54) is 24.6 Å². The third-order valence-electron chi connectivity index (χ3n) is 4.61. The van der Waals surface area contributed by atoms with Crippen molar-refractivity contribution in [2.45, 2.75) is 4.90 Å². The Hall–Kier alpha value is -2.29. The van der Waals surface area contributed by atoms with Crippen LogP contribution < -0.4 is 9.47 Å². The smallest absolute Gasteiger partial charge is 0.253 e. The Labute approximate surface area is 169 Å². The fraction of sp³-hybridized carbons (Fsp3) is 0.316. The van der Waals surface area contributed by atoms with Gasteiger partial charge in [-0.1, -0.05) is 11.6 Å². The van der Waals surface area contributed by atoms with Crippen molar-refractivity contribution in [3.63, 3.8) is 0 Å². The second-order valence-electron chi connectivity index (χ2n) is 6.22. The summed E-state index contributed by atoms with van der Waals surface area (Å²) in [7, 11) is -0.892. The molecule has 1 heterocycles. The molecule has 0 radical (unpaired) electrons. The van der Waals surface area contributed by atoms with Crippen LogP contribution in [-0.2, 0) is 10.0 Å². The highest BCUT2D eigenvalue weighted by atomic mass is 35.5. The lowest BCUT2D eigenvalue weighted by atomic mass is 10.2. The molecule has 0 bridgehead atoms. The van der Waals surface area contributed by atoms with Crippen molar-refractivity contribution < 1.29 is 22.7 Å². The standard InChI is InChI=1S/C19H21ClN2O5S/c1-26-16-7-8-17(27-2)18(13-16)28(24,25)22-11-9-21(10-12-22)19(23)14-3-5-15(20)6-4-14/h3-8,13H,9-12H2,1-2H3. The maximum atomic E-state index is 13.1. The monoisotopic (exact) mass is 424 g/mol. The summed E-state index contributed by atoms with van der Waals surface area (Å²) in [6.07, 6.45) is 0. The molecule has 3 rings (SSSR count). The van der Waals surface area contributed by atoms with E-state index < -0.39 is 10.0 Å². The second-order valence-corrected chi connectivity index (χ2v) is 8.56. The number of rotatable bonds is 5. The summed E-state index contributed by atoms with van der Waals surface area (Å²) >= 11 is 5.86. The number of sulfonamides is 1. The molecule has 1 aliphatic heterocycles. The Morgan fingerprint density at radius 2 is 1.61 bits per heavy atom. The van der Waals surface area contributed by atoms with Gasteiger partial charge in [-0.2, -0.15) is 4.31 Å². The van der Waals surface area contributed by atoms with Crippen LogP contribution in [0.15, 0.2) is 47.4 Å². The number of benzene rings is 2. The molecule has 28 heavy (non-hydrogen) atoms. The number of methoxy groups -OCH3 is 2. The van der Waals surface area contributed by atoms with Gasteiger partial charge in [-0.3, -0.25) is 4.79 Å². The van der Waals surface area contributed by atoms with Crippen molar-refractivity contribution in [2.75, 3.05) is 40.4 Å². The van der Waals surface area contributed by atoms with Gasteiger partial charge in [0.25, 0.3) is 5.91 Å². The fourth-order valence-electron chi connectivity index (χ4n) is 3.03. The molecule has 1 saturated heterocycles. The number of nitrogens with zero attached hydrogens (tertiary/aromatic N) is 2. The summed E-state index contributed by atoms with van der Waals surface area (Å²) in [5, 5.41) is 0.555. The minimum absolute atomic E-state index is 0.0480. The maximum absolute atomic E-state index is 13.1. The molecule has 1 fully saturated rings. The molecule has 7 nitrogen and oxygen atoms in total. The second kappa shape index (κ2) is 8.38. The number of halogens is 1. The molecule has 2 aromatic carbocycles. The lowest BCUT2D eigenvalue weighted by Crippen LogP contribution is -2.50. The van der Waals surface area contributed by atoms with E-state index in [0.29, 0.717) is 29.4 Å². The van der Waals surface area contributed by atoms with Gasteiger partial charge in [-0.05, 0) is 36.4 Å². The summed E-state index contributed by atoms with van der Waals surface area (Å²) < 4.78 is 37.9. The largest absolute Gasteiger partial charge is 0.497 e. The van der Waals surface area contributed by atoms with Crippen molar-refractivity contribution in [3.8, 4) is 11.5 Å². The number of ether oxygens (including phenoxy) is 2. The highest BCUT2D eigenvalue weighted by molar-refractivity contribution is 7.89. The van der Waals surface area contributed by atoms with Gasteiger partial charge in [-0.15, -0.1) is 0 Å². The summed E-state index contributed by atoms with van der Waals surface area (Å²) in [5.41, 5.74) is 0.523. The SMILES string of the molecule is COc1ccc(OC)c(S(=O)(=O)N2CCN(C(=O)c3ccc(Cl)cc3)CC2)c1. The van der Waals surface area contributed by atoms with E-state index in [-0.39, 0.29) is 29.6 Å². The Balaban J connectivity index is 1.75. The lowest BCUT2D eigenvalue weighted by molar-refractivity contribution is 0.0698. The summed E-state index contributed by atoms with van der Waals surface area (Å²) in [4.78, 5) is 14.3. The minimum Gasteiger partial charge on any atom is -0.497 e. The van der Waals surface area contributed by atoms with Crippen LogP contribution in [0.1, 0.15) is 10.4 Å². The van der Waals surface area contributed by atoms with Crippen LogP contribution >= 0.6 is 11.6 Å².